The largest absolute Gasteiger partial charge is 0.504 e. The third-order valence-electron chi connectivity index (χ3n) is 6.63. The normalized spacial score (nSPS) is 14.6. The van der Waals surface area contributed by atoms with Crippen molar-refractivity contribution in [3.63, 3.8) is 0 Å². The van der Waals surface area contributed by atoms with Gasteiger partial charge in [0.05, 0.1) is 0 Å². The van der Waals surface area contributed by atoms with Crippen molar-refractivity contribution in [2.75, 3.05) is 33.7 Å². The molecule has 0 atom stereocenters. The molecule has 0 saturated carbocycles. The summed E-state index contributed by atoms with van der Waals surface area (Å²) in [5.41, 5.74) is 8.17. The first-order chi connectivity index (χ1) is 16.0. The van der Waals surface area contributed by atoms with Crippen molar-refractivity contribution in [2.45, 2.75) is 19.8 Å². The van der Waals surface area contributed by atoms with Crippen molar-refractivity contribution in [2.24, 2.45) is 0 Å². The molecule has 2 heterocycles. The van der Waals surface area contributed by atoms with Crippen LogP contribution in [0.1, 0.15) is 25.3 Å². The Morgan fingerprint density at radius 3 is 1.76 bits per heavy atom. The molecule has 0 unspecified atom stereocenters. The zero-order valence-electron chi connectivity index (χ0n) is 19.8. The Labute approximate surface area is 215 Å². The standard InChI is InChI=1S/C29H27N4.Os/c1-20(2)23-13-24(32-18-30(3)26-11-7-8-12-27(26)32)17-25(14-23)33-19-31(4)28-15-21-9-5-6-10-22(21)16-29(28)33;/h5-16,18-20H,1-4H3;/q-3;. The summed E-state index contributed by atoms with van der Waals surface area (Å²) in [5, 5.41) is 2.50. The first-order valence-electron chi connectivity index (χ1n) is 11.4. The van der Waals surface area contributed by atoms with E-state index >= 15 is 0 Å². The maximum Gasteiger partial charge on any atom is 0.0332 e. The zero-order valence-corrected chi connectivity index (χ0v) is 22.3. The molecule has 0 aliphatic carbocycles. The first kappa shape index (κ1) is 22.8. The fourth-order valence-electron chi connectivity index (χ4n) is 4.79. The van der Waals surface area contributed by atoms with Gasteiger partial charge in [0.1, 0.15) is 0 Å². The fraction of sp³-hybridized carbons (Fsp3) is 0.172. The van der Waals surface area contributed by atoms with Gasteiger partial charge in [-0.3, -0.25) is 0 Å². The molecule has 4 nitrogen and oxygen atoms in total. The van der Waals surface area contributed by atoms with Crippen molar-refractivity contribution in [3.05, 3.63) is 97.8 Å². The van der Waals surface area contributed by atoms with Crippen molar-refractivity contribution in [1.29, 1.82) is 0 Å². The molecule has 0 aromatic heterocycles. The minimum atomic E-state index is 0. The first-order valence-corrected chi connectivity index (χ1v) is 11.4. The van der Waals surface area contributed by atoms with Gasteiger partial charge in [-0.2, -0.15) is 18.9 Å². The van der Waals surface area contributed by atoms with Crippen molar-refractivity contribution in [3.8, 4) is 0 Å². The third-order valence-corrected chi connectivity index (χ3v) is 6.63. The maximum absolute atomic E-state index is 3.73. The molecule has 5 heteroatoms. The minimum absolute atomic E-state index is 0. The van der Waals surface area contributed by atoms with E-state index in [-0.39, 0.29) is 19.8 Å². The summed E-state index contributed by atoms with van der Waals surface area (Å²) in [4.78, 5) is 8.87. The molecule has 6 rings (SSSR count). The van der Waals surface area contributed by atoms with E-state index in [1.807, 2.05) is 0 Å². The molecule has 0 saturated heterocycles. The summed E-state index contributed by atoms with van der Waals surface area (Å²) < 4.78 is 0. The van der Waals surface area contributed by atoms with Crippen molar-refractivity contribution in [1.82, 2.24) is 0 Å². The van der Waals surface area contributed by atoms with Gasteiger partial charge in [-0.25, -0.2) is 0 Å². The Hall–Kier alpha value is -3.02. The van der Waals surface area contributed by atoms with Gasteiger partial charge in [-0.15, -0.1) is 29.6 Å². The summed E-state index contributed by atoms with van der Waals surface area (Å²) in [5.74, 6) is 0.407. The van der Waals surface area contributed by atoms with Gasteiger partial charge in [0.25, 0.3) is 0 Å². The van der Waals surface area contributed by atoms with E-state index in [2.05, 4.69) is 140 Å². The van der Waals surface area contributed by atoms with E-state index in [0.29, 0.717) is 5.92 Å². The molecule has 0 N–H and O–H groups in total. The number of para-hydroxylation sites is 2. The topological polar surface area (TPSA) is 13.0 Å². The number of rotatable bonds is 3. The van der Waals surface area contributed by atoms with Gasteiger partial charge in [-0.1, -0.05) is 50.2 Å². The molecule has 4 aromatic rings. The second-order valence-electron chi connectivity index (χ2n) is 9.21. The summed E-state index contributed by atoms with van der Waals surface area (Å²) in [6.45, 7) is 8.80. The average Bonchev–Trinajstić information content (AvgIpc) is 3.34. The van der Waals surface area contributed by atoms with E-state index in [4.69, 9.17) is 0 Å². The maximum atomic E-state index is 3.73. The fourth-order valence-corrected chi connectivity index (χ4v) is 4.79. The van der Waals surface area contributed by atoms with Crippen LogP contribution < -0.4 is 19.6 Å². The second kappa shape index (κ2) is 8.64. The summed E-state index contributed by atoms with van der Waals surface area (Å²) in [7, 11) is 4.21. The molecule has 2 aliphatic rings. The van der Waals surface area contributed by atoms with Gasteiger partial charge in [-0.05, 0) is 55.1 Å². The van der Waals surface area contributed by atoms with Crippen LogP contribution in [0.25, 0.3) is 10.8 Å². The molecule has 0 radical (unpaired) electrons. The molecule has 0 amide bonds. The number of nitrogens with zero attached hydrogens (tertiary/aromatic N) is 4. The summed E-state index contributed by atoms with van der Waals surface area (Å²) >= 11 is 0. The Balaban J connectivity index is 0.00000241. The molecule has 0 spiro atoms. The van der Waals surface area contributed by atoms with Crippen LogP contribution >= 0.6 is 0 Å². The van der Waals surface area contributed by atoms with E-state index in [0.717, 1.165) is 11.4 Å². The van der Waals surface area contributed by atoms with Crippen molar-refractivity contribution >= 4 is 44.9 Å². The van der Waals surface area contributed by atoms with Gasteiger partial charge in [0, 0.05) is 42.5 Å². The van der Waals surface area contributed by atoms with E-state index in [1.165, 1.54) is 39.1 Å². The van der Waals surface area contributed by atoms with Crippen LogP contribution in [0.2, 0.25) is 0 Å². The van der Waals surface area contributed by atoms with Crippen LogP contribution in [0.4, 0.5) is 34.1 Å². The number of benzene rings is 4. The predicted octanol–water partition coefficient (Wildman–Crippen LogP) is 7.18. The van der Waals surface area contributed by atoms with Crippen LogP contribution in [-0.4, -0.2) is 14.1 Å². The predicted molar refractivity (Wildman–Crippen MR) is 139 cm³/mol. The molecular weight excluding hydrogens is 595 g/mol. The minimum Gasteiger partial charge on any atom is -0.504 e. The van der Waals surface area contributed by atoms with Crippen LogP contribution in [0, 0.1) is 19.4 Å². The molecule has 0 fully saturated rings. The van der Waals surface area contributed by atoms with Crippen molar-refractivity contribution < 1.29 is 19.8 Å². The van der Waals surface area contributed by atoms with Gasteiger partial charge in [0.2, 0.25) is 0 Å². The van der Waals surface area contributed by atoms with Crippen LogP contribution in [0.3, 0.4) is 0 Å². The Morgan fingerprint density at radius 2 is 1.15 bits per heavy atom. The average molecular weight is 622 g/mol. The third kappa shape index (κ3) is 3.64. The van der Waals surface area contributed by atoms with Crippen LogP contribution in [0.5, 0.6) is 0 Å². The molecule has 0 bridgehead atoms. The molecular formula is C29H27N4Os-3. The molecule has 4 aromatic carbocycles. The van der Waals surface area contributed by atoms with E-state index in [9.17, 15) is 0 Å². The summed E-state index contributed by atoms with van der Waals surface area (Å²) in [6, 6.07) is 29.9. The van der Waals surface area contributed by atoms with Crippen LogP contribution in [0.15, 0.2) is 72.8 Å². The Bertz CT molecular complexity index is 1370. The smallest absolute Gasteiger partial charge is 0.0332 e. The Morgan fingerprint density at radius 1 is 0.647 bits per heavy atom. The quantitative estimate of drug-likeness (QED) is 0.225. The Kier molecular flexibility index (Phi) is 5.78. The molecule has 34 heavy (non-hydrogen) atoms. The SMILES string of the molecule is CC(C)c1cc(N2[CH-]N(C)c3ccccc32)[c-]c(N2[CH-]N(C)c3cc4ccccc4cc32)c1.[Os]. The van der Waals surface area contributed by atoms with E-state index < -0.39 is 0 Å². The van der Waals surface area contributed by atoms with Crippen LogP contribution in [-0.2, 0) is 19.8 Å². The van der Waals surface area contributed by atoms with Gasteiger partial charge >= 0.3 is 0 Å². The molecule has 2 aliphatic heterocycles. The molecule has 174 valence electrons. The number of hydrogen-bond acceptors (Lipinski definition) is 4. The zero-order chi connectivity index (χ0) is 22.7. The van der Waals surface area contributed by atoms with Gasteiger partial charge < -0.3 is 19.6 Å². The summed E-state index contributed by atoms with van der Waals surface area (Å²) in [6.07, 6.45) is 0. The van der Waals surface area contributed by atoms with Gasteiger partial charge in [0.15, 0.2) is 0 Å². The second-order valence-corrected chi connectivity index (χ2v) is 9.21. The number of anilines is 6. The monoisotopic (exact) mass is 623 g/mol. The number of hydrogen-bond donors (Lipinski definition) is 0. The van der Waals surface area contributed by atoms with E-state index in [1.54, 1.807) is 0 Å². The number of fused-ring (bicyclic) bond motifs is 3.